The zero-order chi connectivity index (χ0) is 30.4. The smallest absolute Gasteiger partial charge is 0.264 e. The third-order valence-electron chi connectivity index (χ3n) is 6.89. The van der Waals surface area contributed by atoms with Gasteiger partial charge in [-0.25, -0.2) is 13.8 Å². The summed E-state index contributed by atoms with van der Waals surface area (Å²) in [6, 6.07) is 33.8. The zero-order valence-electron chi connectivity index (χ0n) is 24.3. The first-order valence-electron chi connectivity index (χ1n) is 13.9. The highest BCUT2D eigenvalue weighted by molar-refractivity contribution is 7.92. The minimum absolute atomic E-state index is 0.108. The molecule has 1 N–H and O–H groups in total. The Morgan fingerprint density at radius 3 is 2.16 bits per heavy atom. The molecule has 43 heavy (non-hydrogen) atoms. The number of hydrazone groups is 1. The van der Waals surface area contributed by atoms with E-state index in [4.69, 9.17) is 4.74 Å². The number of sulfonamides is 1. The number of ether oxygens (including phenoxy) is 1. The number of aryl methyl sites for hydroxylation is 3. The zero-order valence-corrected chi connectivity index (χ0v) is 25.1. The van der Waals surface area contributed by atoms with Crippen LogP contribution >= 0.6 is 0 Å². The number of nitrogens with zero attached hydrogens (tertiary/aromatic N) is 2. The van der Waals surface area contributed by atoms with E-state index in [0.717, 1.165) is 32.1 Å². The van der Waals surface area contributed by atoms with Crippen molar-refractivity contribution in [3.05, 3.63) is 137 Å². The number of rotatable bonds is 10. The number of hydrogen-bond donors (Lipinski definition) is 1. The van der Waals surface area contributed by atoms with Crippen LogP contribution in [0.5, 0.6) is 5.75 Å². The largest absolute Gasteiger partial charge is 0.489 e. The number of hydrogen-bond acceptors (Lipinski definition) is 5. The Morgan fingerprint density at radius 2 is 1.47 bits per heavy atom. The highest BCUT2D eigenvalue weighted by atomic mass is 32.2. The second-order valence-electron chi connectivity index (χ2n) is 10.5. The van der Waals surface area contributed by atoms with E-state index in [9.17, 15) is 13.2 Å². The van der Waals surface area contributed by atoms with E-state index in [2.05, 4.69) is 40.9 Å². The van der Waals surface area contributed by atoms with Crippen LogP contribution in [0.3, 0.4) is 0 Å². The number of carbonyl (C=O) groups is 1. The standard InChI is InChI=1S/C35H33N3O4S/c1-25-8-16-34(17-9-25)43(40,41)38(32-19-26(2)18-27(3)20-32)23-35(39)37-36-22-28-11-14-33(15-12-28)42-24-29-10-13-30-6-4-5-7-31(30)21-29/h4-22H,23-24H2,1-3H3,(H,37,39)/b36-22-. The Kier molecular flexibility index (Phi) is 8.87. The van der Waals surface area contributed by atoms with Crippen LogP contribution in [-0.4, -0.2) is 27.1 Å². The summed E-state index contributed by atoms with van der Waals surface area (Å²) in [7, 11) is -4.01. The molecule has 0 spiro atoms. The van der Waals surface area contributed by atoms with Crippen LogP contribution in [0.1, 0.15) is 27.8 Å². The Balaban J connectivity index is 1.23. The number of nitrogens with one attached hydrogen (secondary N) is 1. The Morgan fingerprint density at radius 1 is 0.791 bits per heavy atom. The molecule has 0 aliphatic carbocycles. The van der Waals surface area contributed by atoms with E-state index < -0.39 is 22.5 Å². The van der Waals surface area contributed by atoms with Gasteiger partial charge in [-0.2, -0.15) is 5.10 Å². The third-order valence-corrected chi connectivity index (χ3v) is 8.68. The SMILES string of the molecule is Cc1ccc(S(=O)(=O)N(CC(=O)N/N=C\c2ccc(OCc3ccc4ccccc4c3)cc2)c2cc(C)cc(C)c2)cc1. The van der Waals surface area contributed by atoms with E-state index >= 15 is 0 Å². The van der Waals surface area contributed by atoms with Gasteiger partial charge in [-0.05, 0) is 108 Å². The van der Waals surface area contributed by atoms with Crippen LogP contribution in [0.15, 0.2) is 119 Å². The predicted molar refractivity (Wildman–Crippen MR) is 172 cm³/mol. The molecule has 1 amide bonds. The average molecular weight is 592 g/mol. The molecule has 0 aliphatic rings. The van der Waals surface area contributed by atoms with Crippen molar-refractivity contribution in [3.8, 4) is 5.75 Å². The molecular formula is C35H33N3O4S. The second kappa shape index (κ2) is 12.9. The molecule has 0 aromatic heterocycles. The molecule has 0 aliphatic heterocycles. The molecule has 5 rings (SSSR count). The van der Waals surface area contributed by atoms with Gasteiger partial charge in [-0.15, -0.1) is 0 Å². The van der Waals surface area contributed by atoms with Crippen molar-refractivity contribution < 1.29 is 17.9 Å². The van der Waals surface area contributed by atoms with E-state index in [1.165, 1.54) is 17.0 Å². The van der Waals surface area contributed by atoms with Gasteiger partial charge in [0, 0.05) is 0 Å². The van der Waals surface area contributed by atoms with Crippen LogP contribution in [-0.2, 0) is 21.4 Å². The molecule has 218 valence electrons. The fourth-order valence-electron chi connectivity index (χ4n) is 4.74. The summed E-state index contributed by atoms with van der Waals surface area (Å²) >= 11 is 0. The van der Waals surface area contributed by atoms with Crippen molar-refractivity contribution in [1.29, 1.82) is 0 Å². The normalized spacial score (nSPS) is 11.5. The minimum Gasteiger partial charge on any atom is -0.489 e. The summed E-state index contributed by atoms with van der Waals surface area (Å²) in [5, 5.41) is 6.41. The summed E-state index contributed by atoms with van der Waals surface area (Å²) in [6.07, 6.45) is 1.50. The molecule has 0 saturated heterocycles. The van der Waals surface area contributed by atoms with Crippen molar-refractivity contribution in [1.82, 2.24) is 5.43 Å². The van der Waals surface area contributed by atoms with Gasteiger partial charge in [0.05, 0.1) is 16.8 Å². The lowest BCUT2D eigenvalue weighted by Gasteiger charge is -2.24. The minimum atomic E-state index is -4.01. The van der Waals surface area contributed by atoms with Crippen LogP contribution in [0.2, 0.25) is 0 Å². The lowest BCUT2D eigenvalue weighted by molar-refractivity contribution is -0.119. The molecular weight excluding hydrogens is 558 g/mol. The van der Waals surface area contributed by atoms with Crippen molar-refractivity contribution in [2.45, 2.75) is 32.3 Å². The Bertz CT molecular complexity index is 1860. The van der Waals surface area contributed by atoms with Gasteiger partial charge in [0.2, 0.25) is 0 Å². The van der Waals surface area contributed by atoms with Crippen LogP contribution in [0.4, 0.5) is 5.69 Å². The first-order valence-corrected chi connectivity index (χ1v) is 15.3. The Hall–Kier alpha value is -4.95. The van der Waals surface area contributed by atoms with Crippen LogP contribution < -0.4 is 14.5 Å². The summed E-state index contributed by atoms with van der Waals surface area (Å²) in [5.41, 5.74) is 7.42. The highest BCUT2D eigenvalue weighted by Crippen LogP contribution is 2.26. The Labute approximate surface area is 252 Å². The lowest BCUT2D eigenvalue weighted by Crippen LogP contribution is -2.39. The van der Waals surface area contributed by atoms with Gasteiger partial charge in [-0.3, -0.25) is 9.10 Å². The van der Waals surface area contributed by atoms with E-state index in [1.807, 2.05) is 63.2 Å². The maximum absolute atomic E-state index is 13.6. The van der Waals surface area contributed by atoms with Crippen molar-refractivity contribution in [3.63, 3.8) is 0 Å². The molecule has 5 aromatic carbocycles. The number of anilines is 1. The quantitative estimate of drug-likeness (QED) is 0.145. The summed E-state index contributed by atoms with van der Waals surface area (Å²) in [6.45, 7) is 5.67. The van der Waals surface area contributed by atoms with Gasteiger partial charge in [-0.1, -0.05) is 60.2 Å². The number of fused-ring (bicyclic) bond motifs is 1. The molecule has 5 aromatic rings. The van der Waals surface area contributed by atoms with Crippen molar-refractivity contribution in [2.24, 2.45) is 5.10 Å². The van der Waals surface area contributed by atoms with Gasteiger partial charge in [0.25, 0.3) is 15.9 Å². The molecule has 0 bridgehead atoms. The van der Waals surface area contributed by atoms with Crippen molar-refractivity contribution >= 4 is 38.6 Å². The molecule has 0 atom stereocenters. The van der Waals surface area contributed by atoms with Crippen LogP contribution in [0.25, 0.3) is 10.8 Å². The molecule has 0 heterocycles. The van der Waals surface area contributed by atoms with E-state index in [-0.39, 0.29) is 4.90 Å². The number of benzene rings is 5. The monoisotopic (exact) mass is 591 g/mol. The molecule has 0 radical (unpaired) electrons. The summed E-state index contributed by atoms with van der Waals surface area (Å²) < 4.78 is 34.3. The fourth-order valence-corrected chi connectivity index (χ4v) is 6.14. The molecule has 0 fully saturated rings. The first kappa shape index (κ1) is 29.5. The second-order valence-corrected chi connectivity index (χ2v) is 12.4. The topological polar surface area (TPSA) is 88.1 Å². The first-order chi connectivity index (χ1) is 20.7. The summed E-state index contributed by atoms with van der Waals surface area (Å²) in [5.74, 6) is 0.140. The lowest BCUT2D eigenvalue weighted by atomic mass is 10.1. The molecule has 7 nitrogen and oxygen atoms in total. The van der Waals surface area contributed by atoms with Crippen LogP contribution in [0, 0.1) is 20.8 Å². The van der Waals surface area contributed by atoms with Gasteiger partial charge >= 0.3 is 0 Å². The molecule has 8 heteroatoms. The van der Waals surface area contributed by atoms with Gasteiger partial charge in [0.15, 0.2) is 0 Å². The van der Waals surface area contributed by atoms with Crippen molar-refractivity contribution in [2.75, 3.05) is 10.8 Å². The van der Waals surface area contributed by atoms with Gasteiger partial charge < -0.3 is 4.74 Å². The molecule has 0 saturated carbocycles. The number of amides is 1. The predicted octanol–water partition coefficient (Wildman–Crippen LogP) is 6.69. The van der Waals surface area contributed by atoms with Gasteiger partial charge in [0.1, 0.15) is 18.9 Å². The fraction of sp³-hybridized carbons (Fsp3) is 0.143. The molecule has 0 unspecified atom stereocenters. The maximum Gasteiger partial charge on any atom is 0.264 e. The summed E-state index contributed by atoms with van der Waals surface area (Å²) in [4.78, 5) is 13.0. The average Bonchev–Trinajstić information content (AvgIpc) is 2.99. The highest BCUT2D eigenvalue weighted by Gasteiger charge is 2.27. The number of carbonyl (C=O) groups excluding carboxylic acids is 1. The van der Waals surface area contributed by atoms with E-state index in [1.54, 1.807) is 36.4 Å². The third kappa shape index (κ3) is 7.47. The maximum atomic E-state index is 13.6. The van der Waals surface area contributed by atoms with E-state index in [0.29, 0.717) is 18.0 Å².